The number of benzene rings is 1. The average Bonchev–Trinajstić information content (AvgIpc) is 2.26. The highest BCUT2D eigenvalue weighted by atomic mass is 16.5. The molecular weight excluding hydrogens is 190 g/mol. The van der Waals surface area contributed by atoms with Gasteiger partial charge in [0, 0.05) is 5.71 Å². The molecule has 0 aliphatic heterocycles. The van der Waals surface area contributed by atoms with Crippen molar-refractivity contribution >= 4 is 11.7 Å². The average molecular weight is 203 g/mol. The Labute approximate surface area is 88.9 Å². The Bertz CT molecular complexity index is 379. The predicted octanol–water partition coefficient (Wildman–Crippen LogP) is 2.42. The topological polar surface area (TPSA) is 50.2 Å². The SMILES string of the molecule is C=CCOC(=O)c1ccc(C(C)=N)cc1. The lowest BCUT2D eigenvalue weighted by atomic mass is 10.1. The highest BCUT2D eigenvalue weighted by Crippen LogP contribution is 2.06. The van der Waals surface area contributed by atoms with Crippen LogP contribution in [0.4, 0.5) is 0 Å². The number of nitrogens with one attached hydrogen (secondary N) is 1. The van der Waals surface area contributed by atoms with Crippen LogP contribution in [0, 0.1) is 5.41 Å². The molecule has 0 aromatic heterocycles. The fourth-order valence-corrected chi connectivity index (χ4v) is 1.07. The van der Waals surface area contributed by atoms with E-state index in [9.17, 15) is 4.79 Å². The minimum absolute atomic E-state index is 0.212. The van der Waals surface area contributed by atoms with Crippen LogP contribution in [0.25, 0.3) is 0 Å². The van der Waals surface area contributed by atoms with E-state index in [2.05, 4.69) is 6.58 Å². The first-order valence-electron chi connectivity index (χ1n) is 4.58. The Balaban J connectivity index is 2.75. The molecule has 3 heteroatoms. The van der Waals surface area contributed by atoms with Crippen LogP contribution >= 0.6 is 0 Å². The Morgan fingerprint density at radius 3 is 2.40 bits per heavy atom. The van der Waals surface area contributed by atoms with Crippen molar-refractivity contribution < 1.29 is 9.53 Å². The van der Waals surface area contributed by atoms with Crippen LogP contribution in [0.1, 0.15) is 22.8 Å². The Hall–Kier alpha value is -1.90. The maximum Gasteiger partial charge on any atom is 0.338 e. The van der Waals surface area contributed by atoms with Crippen LogP contribution in [-0.2, 0) is 4.74 Å². The van der Waals surface area contributed by atoms with Crippen LogP contribution in [0.5, 0.6) is 0 Å². The third-order valence-corrected chi connectivity index (χ3v) is 1.89. The lowest BCUT2D eigenvalue weighted by Crippen LogP contribution is -2.05. The van der Waals surface area contributed by atoms with E-state index in [0.717, 1.165) is 5.56 Å². The molecule has 0 spiro atoms. The van der Waals surface area contributed by atoms with Crippen LogP contribution in [0.15, 0.2) is 36.9 Å². The normalized spacial score (nSPS) is 9.40. The lowest BCUT2D eigenvalue weighted by Gasteiger charge is -2.02. The zero-order valence-corrected chi connectivity index (χ0v) is 8.62. The van der Waals surface area contributed by atoms with E-state index in [1.807, 2.05) is 0 Å². The zero-order valence-electron chi connectivity index (χ0n) is 8.62. The first kappa shape index (κ1) is 11.2. The van der Waals surface area contributed by atoms with Crippen molar-refractivity contribution in [1.29, 1.82) is 5.41 Å². The van der Waals surface area contributed by atoms with Crippen LogP contribution in [0.3, 0.4) is 0 Å². The molecule has 15 heavy (non-hydrogen) atoms. The summed E-state index contributed by atoms with van der Waals surface area (Å²) in [6.07, 6.45) is 1.52. The summed E-state index contributed by atoms with van der Waals surface area (Å²) < 4.78 is 4.87. The predicted molar refractivity (Wildman–Crippen MR) is 59.4 cm³/mol. The minimum atomic E-state index is -0.371. The molecule has 0 fully saturated rings. The van der Waals surface area contributed by atoms with Crippen molar-refractivity contribution in [2.45, 2.75) is 6.92 Å². The van der Waals surface area contributed by atoms with E-state index in [-0.39, 0.29) is 12.6 Å². The standard InChI is InChI=1S/C12H13NO2/c1-3-8-15-12(14)11-6-4-10(5-7-11)9(2)13/h3-7,13H,1,8H2,2H3. The third-order valence-electron chi connectivity index (χ3n) is 1.89. The lowest BCUT2D eigenvalue weighted by molar-refractivity contribution is 0.0550. The van der Waals surface area contributed by atoms with Gasteiger partial charge < -0.3 is 10.1 Å². The number of hydrogen-bond acceptors (Lipinski definition) is 3. The van der Waals surface area contributed by atoms with Gasteiger partial charge in [0.05, 0.1) is 5.56 Å². The van der Waals surface area contributed by atoms with Gasteiger partial charge >= 0.3 is 5.97 Å². The summed E-state index contributed by atoms with van der Waals surface area (Å²) in [5.74, 6) is -0.371. The van der Waals surface area contributed by atoms with Gasteiger partial charge in [-0.25, -0.2) is 4.79 Å². The summed E-state index contributed by atoms with van der Waals surface area (Å²) in [5, 5.41) is 7.39. The van der Waals surface area contributed by atoms with Gasteiger partial charge in [0.1, 0.15) is 6.61 Å². The fraction of sp³-hybridized carbons (Fsp3) is 0.167. The maximum atomic E-state index is 11.4. The maximum absolute atomic E-state index is 11.4. The molecule has 1 aromatic carbocycles. The molecule has 0 saturated heterocycles. The fourth-order valence-electron chi connectivity index (χ4n) is 1.07. The minimum Gasteiger partial charge on any atom is -0.458 e. The van der Waals surface area contributed by atoms with Gasteiger partial charge in [0.2, 0.25) is 0 Å². The molecule has 0 saturated carbocycles. The summed E-state index contributed by atoms with van der Waals surface area (Å²) in [6, 6.07) is 6.76. The quantitative estimate of drug-likeness (QED) is 0.464. The van der Waals surface area contributed by atoms with Crippen molar-refractivity contribution in [2.24, 2.45) is 0 Å². The summed E-state index contributed by atoms with van der Waals surface area (Å²) in [6.45, 7) is 5.37. The van der Waals surface area contributed by atoms with E-state index in [1.165, 1.54) is 6.08 Å². The van der Waals surface area contributed by atoms with Gasteiger partial charge in [-0.3, -0.25) is 0 Å². The van der Waals surface area contributed by atoms with Gasteiger partial charge in [-0.15, -0.1) is 0 Å². The highest BCUT2D eigenvalue weighted by molar-refractivity contribution is 5.97. The molecule has 1 aromatic rings. The van der Waals surface area contributed by atoms with E-state index in [0.29, 0.717) is 11.3 Å². The third kappa shape index (κ3) is 3.06. The number of rotatable bonds is 4. The number of esters is 1. The summed E-state index contributed by atoms with van der Waals surface area (Å²) >= 11 is 0. The van der Waals surface area contributed by atoms with Crippen molar-refractivity contribution in [3.63, 3.8) is 0 Å². The number of ether oxygens (including phenoxy) is 1. The molecule has 0 unspecified atom stereocenters. The van der Waals surface area contributed by atoms with Crippen molar-refractivity contribution in [2.75, 3.05) is 6.61 Å². The van der Waals surface area contributed by atoms with Crippen LogP contribution < -0.4 is 0 Å². The molecule has 0 radical (unpaired) electrons. The second-order valence-corrected chi connectivity index (χ2v) is 3.09. The van der Waals surface area contributed by atoms with Gasteiger partial charge in [0.25, 0.3) is 0 Å². The number of carbonyl (C=O) groups is 1. The largest absolute Gasteiger partial charge is 0.458 e. The van der Waals surface area contributed by atoms with Crippen molar-refractivity contribution in [3.8, 4) is 0 Å². The zero-order chi connectivity index (χ0) is 11.3. The number of carbonyl (C=O) groups excluding carboxylic acids is 1. The van der Waals surface area contributed by atoms with Gasteiger partial charge in [-0.05, 0) is 24.6 Å². The molecule has 0 aliphatic carbocycles. The summed E-state index contributed by atoms with van der Waals surface area (Å²) in [7, 11) is 0. The second-order valence-electron chi connectivity index (χ2n) is 3.09. The van der Waals surface area contributed by atoms with Gasteiger partial charge in [-0.1, -0.05) is 24.8 Å². The Kier molecular flexibility index (Phi) is 3.80. The van der Waals surface area contributed by atoms with Crippen LogP contribution in [-0.4, -0.2) is 18.3 Å². The van der Waals surface area contributed by atoms with Crippen LogP contribution in [0.2, 0.25) is 0 Å². The molecule has 0 bridgehead atoms. The van der Waals surface area contributed by atoms with E-state index in [1.54, 1.807) is 31.2 Å². The second kappa shape index (κ2) is 5.10. The number of hydrogen-bond donors (Lipinski definition) is 1. The van der Waals surface area contributed by atoms with E-state index < -0.39 is 0 Å². The van der Waals surface area contributed by atoms with Crippen molar-refractivity contribution in [1.82, 2.24) is 0 Å². The molecular formula is C12H13NO2. The molecule has 3 nitrogen and oxygen atoms in total. The molecule has 1 N–H and O–H groups in total. The molecule has 0 amide bonds. The van der Waals surface area contributed by atoms with E-state index >= 15 is 0 Å². The smallest absolute Gasteiger partial charge is 0.338 e. The molecule has 78 valence electrons. The van der Waals surface area contributed by atoms with E-state index in [4.69, 9.17) is 10.1 Å². The molecule has 0 atom stereocenters. The first-order chi connectivity index (χ1) is 7.15. The molecule has 0 heterocycles. The first-order valence-corrected chi connectivity index (χ1v) is 4.58. The monoisotopic (exact) mass is 203 g/mol. The molecule has 0 aliphatic rings. The summed E-state index contributed by atoms with van der Waals surface area (Å²) in [4.78, 5) is 11.4. The van der Waals surface area contributed by atoms with Gasteiger partial charge in [-0.2, -0.15) is 0 Å². The molecule has 1 rings (SSSR count). The Morgan fingerprint density at radius 1 is 1.40 bits per heavy atom. The summed E-state index contributed by atoms with van der Waals surface area (Å²) in [5.41, 5.74) is 1.76. The Morgan fingerprint density at radius 2 is 1.93 bits per heavy atom. The van der Waals surface area contributed by atoms with Gasteiger partial charge in [0.15, 0.2) is 0 Å². The van der Waals surface area contributed by atoms with Crippen molar-refractivity contribution in [3.05, 3.63) is 48.0 Å². The highest BCUT2D eigenvalue weighted by Gasteiger charge is 2.05.